The van der Waals surface area contributed by atoms with Crippen LogP contribution in [0.1, 0.15) is 59.8 Å². The molecule has 0 aromatic carbocycles. The predicted octanol–water partition coefficient (Wildman–Crippen LogP) is 2.54. The molecule has 1 fully saturated rings. The summed E-state index contributed by atoms with van der Waals surface area (Å²) < 4.78 is 0. The van der Waals surface area contributed by atoms with Gasteiger partial charge in [0.2, 0.25) is 5.91 Å². The summed E-state index contributed by atoms with van der Waals surface area (Å²) >= 11 is 0. The van der Waals surface area contributed by atoms with E-state index in [0.717, 1.165) is 32.2 Å². The summed E-state index contributed by atoms with van der Waals surface area (Å²) in [7, 11) is 0. The van der Waals surface area contributed by atoms with E-state index in [1.807, 2.05) is 4.90 Å². The fraction of sp³-hybridized carbons (Fsp3) is 0.929. The second kappa shape index (κ2) is 5.38. The van der Waals surface area contributed by atoms with Crippen LogP contribution in [0.3, 0.4) is 0 Å². The normalized spacial score (nSPS) is 25.4. The summed E-state index contributed by atoms with van der Waals surface area (Å²) in [6.07, 6.45) is 4.91. The van der Waals surface area contributed by atoms with Crippen LogP contribution in [0, 0.1) is 5.41 Å². The Morgan fingerprint density at radius 1 is 1.41 bits per heavy atom. The average Bonchev–Trinajstić information content (AvgIpc) is 2.59. The fourth-order valence-corrected chi connectivity index (χ4v) is 2.57. The van der Waals surface area contributed by atoms with Gasteiger partial charge in [0.15, 0.2) is 0 Å². The van der Waals surface area contributed by atoms with Crippen LogP contribution in [-0.4, -0.2) is 29.4 Å². The van der Waals surface area contributed by atoms with Gasteiger partial charge in [-0.1, -0.05) is 20.8 Å². The smallest absolute Gasteiger partial charge is 0.223 e. The Bertz CT molecular complexity index is 270. The lowest BCUT2D eigenvalue weighted by atomic mass is 9.89. The molecule has 1 amide bonds. The first kappa shape index (κ1) is 14.5. The number of amides is 1. The minimum absolute atomic E-state index is 0.0845. The van der Waals surface area contributed by atoms with Gasteiger partial charge in [-0.2, -0.15) is 0 Å². The van der Waals surface area contributed by atoms with Gasteiger partial charge in [0.1, 0.15) is 0 Å². The lowest BCUT2D eigenvalue weighted by molar-refractivity contribution is -0.134. The van der Waals surface area contributed by atoms with Crippen molar-refractivity contribution in [2.75, 3.05) is 13.1 Å². The van der Waals surface area contributed by atoms with E-state index in [0.29, 0.717) is 24.3 Å². The zero-order valence-corrected chi connectivity index (χ0v) is 11.9. The highest BCUT2D eigenvalue weighted by molar-refractivity contribution is 5.77. The molecule has 1 atom stereocenters. The Hall–Kier alpha value is -0.570. The van der Waals surface area contributed by atoms with Gasteiger partial charge in [0.25, 0.3) is 0 Å². The molecule has 17 heavy (non-hydrogen) atoms. The van der Waals surface area contributed by atoms with Crippen molar-refractivity contribution in [3.8, 4) is 0 Å². The van der Waals surface area contributed by atoms with E-state index in [1.54, 1.807) is 0 Å². The number of hydrogen-bond acceptors (Lipinski definition) is 2. The summed E-state index contributed by atoms with van der Waals surface area (Å²) in [5.41, 5.74) is 6.04. The van der Waals surface area contributed by atoms with Crippen LogP contribution in [-0.2, 0) is 4.79 Å². The molecule has 1 rings (SSSR count). The first-order valence-corrected chi connectivity index (χ1v) is 6.79. The van der Waals surface area contributed by atoms with Crippen molar-refractivity contribution >= 4 is 5.91 Å². The van der Waals surface area contributed by atoms with Gasteiger partial charge in [-0.05, 0) is 38.0 Å². The van der Waals surface area contributed by atoms with Crippen LogP contribution >= 0.6 is 0 Å². The molecule has 3 heteroatoms. The van der Waals surface area contributed by atoms with Crippen molar-refractivity contribution in [3.63, 3.8) is 0 Å². The van der Waals surface area contributed by atoms with Crippen molar-refractivity contribution in [3.05, 3.63) is 0 Å². The van der Waals surface area contributed by atoms with E-state index in [1.165, 1.54) is 0 Å². The first-order valence-electron chi connectivity index (χ1n) is 6.79. The standard InChI is InChI=1S/C14H28N2O/c1-13(2,3)8-5-7-12(17)16-10-6-9-14(16,4)11-15/h5-11,15H2,1-4H3. The van der Waals surface area contributed by atoms with E-state index in [-0.39, 0.29) is 5.54 Å². The van der Waals surface area contributed by atoms with E-state index in [9.17, 15) is 4.79 Å². The zero-order chi connectivity index (χ0) is 13.1. The molecule has 3 nitrogen and oxygen atoms in total. The SMILES string of the molecule is CC(C)(C)CCCC(=O)N1CCCC1(C)CN. The van der Waals surface area contributed by atoms with Crippen LogP contribution in [0.2, 0.25) is 0 Å². The highest BCUT2D eigenvalue weighted by Crippen LogP contribution is 2.29. The minimum Gasteiger partial charge on any atom is -0.336 e. The summed E-state index contributed by atoms with van der Waals surface area (Å²) in [5.74, 6) is 0.291. The maximum atomic E-state index is 12.2. The summed E-state index contributed by atoms with van der Waals surface area (Å²) in [6, 6.07) is 0. The molecule has 1 heterocycles. The topological polar surface area (TPSA) is 46.3 Å². The molecule has 1 aliphatic heterocycles. The van der Waals surface area contributed by atoms with Crippen LogP contribution in [0.5, 0.6) is 0 Å². The van der Waals surface area contributed by atoms with Crippen LogP contribution in [0.4, 0.5) is 0 Å². The second-order valence-corrected chi connectivity index (χ2v) is 6.76. The summed E-state index contributed by atoms with van der Waals surface area (Å²) in [4.78, 5) is 14.2. The molecule has 0 bridgehead atoms. The molecule has 2 N–H and O–H groups in total. The molecule has 0 spiro atoms. The van der Waals surface area contributed by atoms with E-state index < -0.39 is 0 Å². The summed E-state index contributed by atoms with van der Waals surface area (Å²) in [5, 5.41) is 0. The van der Waals surface area contributed by atoms with Crippen molar-refractivity contribution in [1.82, 2.24) is 4.90 Å². The lowest BCUT2D eigenvalue weighted by Crippen LogP contribution is -2.49. The monoisotopic (exact) mass is 240 g/mol. The van der Waals surface area contributed by atoms with Crippen LogP contribution in [0.15, 0.2) is 0 Å². The number of rotatable bonds is 4. The highest BCUT2D eigenvalue weighted by atomic mass is 16.2. The summed E-state index contributed by atoms with van der Waals surface area (Å²) in [6.45, 7) is 10.2. The number of carbonyl (C=O) groups is 1. The van der Waals surface area contributed by atoms with E-state index in [4.69, 9.17) is 5.73 Å². The lowest BCUT2D eigenvalue weighted by Gasteiger charge is -2.34. The molecule has 0 aliphatic carbocycles. The molecule has 0 saturated carbocycles. The van der Waals surface area contributed by atoms with Crippen molar-refractivity contribution in [2.24, 2.45) is 11.1 Å². The Labute approximate surface area is 106 Å². The van der Waals surface area contributed by atoms with Crippen LogP contribution < -0.4 is 5.73 Å². The Morgan fingerprint density at radius 2 is 2.06 bits per heavy atom. The zero-order valence-electron chi connectivity index (χ0n) is 11.9. The van der Waals surface area contributed by atoms with Gasteiger partial charge < -0.3 is 10.6 Å². The first-order chi connectivity index (χ1) is 7.78. The van der Waals surface area contributed by atoms with Gasteiger partial charge in [-0.15, -0.1) is 0 Å². The minimum atomic E-state index is -0.0845. The molecular weight excluding hydrogens is 212 g/mol. The highest BCUT2D eigenvalue weighted by Gasteiger charge is 2.37. The van der Waals surface area contributed by atoms with Crippen molar-refractivity contribution < 1.29 is 4.79 Å². The average molecular weight is 240 g/mol. The molecule has 100 valence electrons. The van der Waals surface area contributed by atoms with Gasteiger partial charge in [-0.3, -0.25) is 4.79 Å². The molecule has 0 aromatic heterocycles. The van der Waals surface area contributed by atoms with Gasteiger partial charge in [-0.25, -0.2) is 0 Å². The molecule has 1 saturated heterocycles. The van der Waals surface area contributed by atoms with Crippen molar-refractivity contribution in [1.29, 1.82) is 0 Å². The number of nitrogens with two attached hydrogens (primary N) is 1. The fourth-order valence-electron chi connectivity index (χ4n) is 2.57. The Balaban J connectivity index is 2.43. The van der Waals surface area contributed by atoms with Gasteiger partial charge in [0, 0.05) is 19.5 Å². The number of likely N-dealkylation sites (tertiary alicyclic amines) is 1. The molecule has 1 unspecified atom stereocenters. The third-order valence-corrected chi connectivity index (χ3v) is 3.81. The Kier molecular flexibility index (Phi) is 4.59. The third-order valence-electron chi connectivity index (χ3n) is 3.81. The molecule has 1 aliphatic rings. The van der Waals surface area contributed by atoms with Crippen LogP contribution in [0.25, 0.3) is 0 Å². The number of hydrogen-bond donors (Lipinski definition) is 1. The maximum Gasteiger partial charge on any atom is 0.223 e. The van der Waals surface area contributed by atoms with E-state index in [2.05, 4.69) is 27.7 Å². The quantitative estimate of drug-likeness (QED) is 0.821. The molecular formula is C14H28N2O. The van der Waals surface area contributed by atoms with Gasteiger partial charge in [0.05, 0.1) is 5.54 Å². The molecule has 0 radical (unpaired) electrons. The number of carbonyl (C=O) groups excluding carboxylic acids is 1. The number of nitrogens with zero attached hydrogens (tertiary/aromatic N) is 1. The van der Waals surface area contributed by atoms with Crippen molar-refractivity contribution in [2.45, 2.75) is 65.3 Å². The Morgan fingerprint density at radius 3 is 2.59 bits per heavy atom. The van der Waals surface area contributed by atoms with E-state index >= 15 is 0 Å². The molecule has 0 aromatic rings. The maximum absolute atomic E-state index is 12.2. The second-order valence-electron chi connectivity index (χ2n) is 6.76. The predicted molar refractivity (Wildman–Crippen MR) is 71.7 cm³/mol. The van der Waals surface area contributed by atoms with Gasteiger partial charge >= 0.3 is 0 Å². The third kappa shape index (κ3) is 3.98. The largest absolute Gasteiger partial charge is 0.336 e.